The van der Waals surface area contributed by atoms with Crippen molar-refractivity contribution in [1.82, 2.24) is 15.1 Å². The number of nitrogens with zero attached hydrogens (tertiary/aromatic N) is 2. The van der Waals surface area contributed by atoms with E-state index in [0.717, 1.165) is 16.8 Å². The maximum atomic E-state index is 13.9. The molecular weight excluding hydrogens is 438 g/mol. The lowest BCUT2D eigenvalue weighted by Crippen LogP contribution is -2.28. The quantitative estimate of drug-likeness (QED) is 0.534. The van der Waals surface area contributed by atoms with Crippen LogP contribution in [0.15, 0.2) is 48.5 Å². The van der Waals surface area contributed by atoms with Gasteiger partial charge in [-0.3, -0.25) is 4.79 Å². The fourth-order valence-corrected chi connectivity index (χ4v) is 3.14. The van der Waals surface area contributed by atoms with Gasteiger partial charge in [-0.15, -0.1) is 0 Å². The number of hydrogen-bond donors (Lipinski definition) is 2. The zero-order valence-electron chi connectivity index (χ0n) is 16.3. The Morgan fingerprint density at radius 2 is 1.97 bits per heavy atom. The Kier molecular flexibility index (Phi) is 6.66. The molecule has 2 N–H and O–H groups in total. The highest BCUT2D eigenvalue weighted by molar-refractivity contribution is 6.30. The van der Waals surface area contributed by atoms with Crippen molar-refractivity contribution in [3.63, 3.8) is 0 Å². The highest BCUT2D eigenvalue weighted by atomic mass is 35.5. The van der Waals surface area contributed by atoms with Crippen LogP contribution in [0, 0.1) is 5.82 Å². The van der Waals surface area contributed by atoms with Gasteiger partial charge in [0, 0.05) is 10.6 Å². The van der Waals surface area contributed by atoms with E-state index in [2.05, 4.69) is 10.4 Å². The molecule has 3 rings (SSSR count). The molecule has 0 radical (unpaired) electrons. The lowest BCUT2D eigenvalue weighted by Gasteiger charge is -2.14. The summed E-state index contributed by atoms with van der Waals surface area (Å²) >= 11 is 5.94. The molecule has 0 aliphatic rings. The van der Waals surface area contributed by atoms with Crippen molar-refractivity contribution in [2.75, 3.05) is 0 Å². The van der Waals surface area contributed by atoms with Crippen molar-refractivity contribution in [2.24, 2.45) is 0 Å². The number of halogens is 5. The summed E-state index contributed by atoms with van der Waals surface area (Å²) in [5.41, 5.74) is -0.238. The van der Waals surface area contributed by atoms with Crippen molar-refractivity contribution >= 4 is 17.5 Å². The van der Waals surface area contributed by atoms with Crippen LogP contribution in [-0.4, -0.2) is 20.8 Å². The largest absolute Gasteiger partial charge is 0.435 e. The summed E-state index contributed by atoms with van der Waals surface area (Å²) in [4.78, 5) is 12.5. The summed E-state index contributed by atoms with van der Waals surface area (Å²) in [5.74, 6) is -1.93. The number of carbonyl (C=O) groups is 1. The number of aliphatic hydroxyl groups excluding tert-OH is 1. The molecule has 1 amide bonds. The van der Waals surface area contributed by atoms with Gasteiger partial charge in [0.15, 0.2) is 5.69 Å². The molecule has 0 fully saturated rings. The monoisotopic (exact) mass is 455 g/mol. The normalized spacial score (nSPS) is 12.6. The van der Waals surface area contributed by atoms with Gasteiger partial charge < -0.3 is 10.4 Å². The van der Waals surface area contributed by atoms with Crippen LogP contribution in [0.1, 0.15) is 35.4 Å². The smallest absolute Gasteiger partial charge is 0.392 e. The van der Waals surface area contributed by atoms with Crippen molar-refractivity contribution in [3.8, 4) is 5.69 Å². The van der Waals surface area contributed by atoms with Gasteiger partial charge in [0.1, 0.15) is 5.82 Å². The van der Waals surface area contributed by atoms with Gasteiger partial charge >= 0.3 is 6.18 Å². The maximum Gasteiger partial charge on any atom is 0.435 e. The first-order valence-electron chi connectivity index (χ1n) is 9.19. The molecule has 0 bridgehead atoms. The molecule has 0 saturated carbocycles. The fourth-order valence-electron chi connectivity index (χ4n) is 2.96. The summed E-state index contributed by atoms with van der Waals surface area (Å²) in [6.45, 7) is 0.829. The van der Waals surface area contributed by atoms with Gasteiger partial charge in [-0.25, -0.2) is 9.07 Å². The predicted octanol–water partition coefficient (Wildman–Crippen LogP) is 4.60. The van der Waals surface area contributed by atoms with E-state index in [9.17, 15) is 22.4 Å². The van der Waals surface area contributed by atoms with Crippen molar-refractivity contribution in [3.05, 3.63) is 81.9 Å². The first-order valence-corrected chi connectivity index (χ1v) is 9.57. The molecule has 1 aromatic heterocycles. The Morgan fingerprint density at radius 3 is 2.58 bits per heavy atom. The number of rotatable bonds is 6. The Labute approximate surface area is 180 Å². The molecule has 0 aliphatic heterocycles. The molecule has 31 heavy (non-hydrogen) atoms. The van der Waals surface area contributed by atoms with Crippen LogP contribution >= 0.6 is 11.6 Å². The molecule has 164 valence electrons. The predicted molar refractivity (Wildman–Crippen MR) is 106 cm³/mol. The summed E-state index contributed by atoms with van der Waals surface area (Å²) < 4.78 is 54.5. The molecule has 3 aromatic rings. The second-order valence-corrected chi connectivity index (χ2v) is 7.30. The molecule has 0 spiro atoms. The molecule has 2 aromatic carbocycles. The van der Waals surface area contributed by atoms with E-state index in [1.807, 2.05) is 0 Å². The Balaban J connectivity index is 1.82. The maximum absolute atomic E-state index is 13.9. The molecule has 5 nitrogen and oxygen atoms in total. The van der Waals surface area contributed by atoms with Gasteiger partial charge in [0.05, 0.1) is 30.5 Å². The fraction of sp³-hybridized carbons (Fsp3) is 0.238. The SMILES string of the molecule is C[C@H](C(=O)NCc1cc(C(F)(F)F)nn1-c1cccc(Cl)c1)c1ccc(CO)c(F)c1. The van der Waals surface area contributed by atoms with Gasteiger partial charge in [-0.05, 0) is 42.8 Å². The number of aliphatic hydroxyl groups is 1. The molecule has 1 heterocycles. The Morgan fingerprint density at radius 1 is 1.23 bits per heavy atom. The number of carbonyl (C=O) groups excluding carboxylic acids is 1. The minimum atomic E-state index is -4.66. The Bertz CT molecular complexity index is 1100. The third-order valence-corrected chi connectivity index (χ3v) is 4.95. The van der Waals surface area contributed by atoms with Gasteiger partial charge in [-0.1, -0.05) is 29.8 Å². The number of alkyl halides is 3. The number of hydrogen-bond acceptors (Lipinski definition) is 3. The van der Waals surface area contributed by atoms with E-state index in [4.69, 9.17) is 16.7 Å². The van der Waals surface area contributed by atoms with E-state index in [1.54, 1.807) is 18.2 Å². The van der Waals surface area contributed by atoms with Gasteiger partial charge in [0.2, 0.25) is 5.91 Å². The van der Waals surface area contributed by atoms with Crippen molar-refractivity contribution in [2.45, 2.75) is 32.2 Å². The summed E-state index contributed by atoms with van der Waals surface area (Å²) in [5, 5.41) is 15.5. The molecular formula is C21H18ClF4N3O2. The number of nitrogens with one attached hydrogen (secondary N) is 1. The van der Waals surface area contributed by atoms with E-state index in [0.29, 0.717) is 16.3 Å². The zero-order valence-corrected chi connectivity index (χ0v) is 17.0. The average Bonchev–Trinajstić information content (AvgIpc) is 3.16. The summed E-state index contributed by atoms with van der Waals surface area (Å²) in [7, 11) is 0. The zero-order chi connectivity index (χ0) is 22.8. The summed E-state index contributed by atoms with van der Waals surface area (Å²) in [6.07, 6.45) is -4.66. The second kappa shape index (κ2) is 9.07. The first-order chi connectivity index (χ1) is 14.6. The van der Waals surface area contributed by atoms with Gasteiger partial charge in [0.25, 0.3) is 0 Å². The minimum absolute atomic E-state index is 0.0944. The molecule has 0 saturated heterocycles. The lowest BCUT2D eigenvalue weighted by atomic mass is 9.98. The van der Waals surface area contributed by atoms with E-state index >= 15 is 0 Å². The van der Waals surface area contributed by atoms with Crippen LogP contribution in [-0.2, 0) is 24.1 Å². The van der Waals surface area contributed by atoms with Crippen LogP contribution in [0.5, 0.6) is 0 Å². The molecule has 0 unspecified atom stereocenters. The highest BCUT2D eigenvalue weighted by Crippen LogP contribution is 2.30. The van der Waals surface area contributed by atoms with E-state index in [-0.39, 0.29) is 17.8 Å². The third kappa shape index (κ3) is 5.23. The van der Waals surface area contributed by atoms with Gasteiger partial charge in [-0.2, -0.15) is 18.3 Å². The number of benzene rings is 2. The van der Waals surface area contributed by atoms with Crippen LogP contribution in [0.25, 0.3) is 5.69 Å². The minimum Gasteiger partial charge on any atom is -0.392 e. The average molecular weight is 456 g/mol. The first kappa shape index (κ1) is 22.8. The number of aromatic nitrogens is 2. The summed E-state index contributed by atoms with van der Waals surface area (Å²) in [6, 6.07) is 11.0. The topological polar surface area (TPSA) is 67.2 Å². The number of amides is 1. The molecule has 1 atom stereocenters. The molecule has 10 heteroatoms. The van der Waals surface area contributed by atoms with Crippen LogP contribution in [0.3, 0.4) is 0 Å². The van der Waals surface area contributed by atoms with Crippen LogP contribution in [0.4, 0.5) is 17.6 Å². The van der Waals surface area contributed by atoms with E-state index in [1.165, 1.54) is 25.1 Å². The second-order valence-electron chi connectivity index (χ2n) is 6.86. The van der Waals surface area contributed by atoms with Crippen LogP contribution < -0.4 is 5.32 Å². The van der Waals surface area contributed by atoms with Crippen molar-refractivity contribution in [1.29, 1.82) is 0 Å². The lowest BCUT2D eigenvalue weighted by molar-refractivity contribution is -0.141. The van der Waals surface area contributed by atoms with Crippen molar-refractivity contribution < 1.29 is 27.5 Å². The molecule has 0 aliphatic carbocycles. The van der Waals surface area contributed by atoms with E-state index < -0.39 is 36.1 Å². The standard InChI is InChI=1S/C21H18ClF4N3O2/c1-12(13-5-6-14(11-30)18(23)7-13)20(31)27-10-17-9-19(21(24,25)26)28-29(17)16-4-2-3-15(22)8-16/h2-9,12,30H,10-11H2,1H3,(H,27,31)/t12-/m0/s1. The third-order valence-electron chi connectivity index (χ3n) is 4.71. The Hall–Kier alpha value is -2.91. The van der Waals surface area contributed by atoms with Crippen LogP contribution in [0.2, 0.25) is 5.02 Å². The highest BCUT2D eigenvalue weighted by Gasteiger charge is 2.35.